The van der Waals surface area contributed by atoms with Gasteiger partial charge in [-0.25, -0.2) is 9.78 Å². The van der Waals surface area contributed by atoms with Crippen molar-refractivity contribution in [2.24, 2.45) is 10.9 Å². The molecule has 0 aliphatic carbocycles. The number of aromatic amines is 1. The summed E-state index contributed by atoms with van der Waals surface area (Å²) in [6.45, 7) is 1.88. The minimum Gasteiger partial charge on any atom is -0.380 e. The minimum absolute atomic E-state index is 0.107. The number of benzene rings is 1. The molecule has 0 saturated carbocycles. The van der Waals surface area contributed by atoms with Gasteiger partial charge in [-0.3, -0.25) is 0 Å². The lowest BCUT2D eigenvalue weighted by atomic mass is 10.1. The molecule has 102 valence electrons. The van der Waals surface area contributed by atoms with Crippen LogP contribution in [0.25, 0.3) is 0 Å². The SMILES string of the molecule is Cc1ccc(C(=O)ON=C(N)c2cc[nH+]cc2)c(Cl)c1. The van der Waals surface area contributed by atoms with Crippen LogP contribution >= 0.6 is 11.6 Å². The number of carbonyl (C=O) groups is 1. The molecule has 0 atom stereocenters. The largest absolute Gasteiger partial charge is 0.380 e. The van der Waals surface area contributed by atoms with Gasteiger partial charge in [-0.2, -0.15) is 0 Å². The fourth-order valence-electron chi connectivity index (χ4n) is 1.54. The lowest BCUT2D eigenvalue weighted by molar-refractivity contribution is -0.378. The molecule has 0 radical (unpaired) electrons. The second-order valence-electron chi connectivity index (χ2n) is 4.13. The van der Waals surface area contributed by atoms with Crippen LogP contribution in [0.15, 0.2) is 47.9 Å². The summed E-state index contributed by atoms with van der Waals surface area (Å²) in [6, 6.07) is 8.46. The standard InChI is InChI=1S/C14H12ClN3O2/c1-9-2-3-11(12(15)8-9)14(19)20-18-13(16)10-4-6-17-7-5-10/h2-8H,1H3,(H2,16,18)/p+1. The molecule has 0 aliphatic rings. The van der Waals surface area contributed by atoms with Crippen LogP contribution in [0.3, 0.4) is 0 Å². The van der Waals surface area contributed by atoms with Crippen LogP contribution in [0.1, 0.15) is 21.5 Å². The molecule has 1 heterocycles. The number of nitrogens with zero attached hydrogens (tertiary/aromatic N) is 1. The van der Waals surface area contributed by atoms with E-state index in [1.165, 1.54) is 0 Å². The summed E-state index contributed by atoms with van der Waals surface area (Å²) in [5.41, 5.74) is 7.55. The Morgan fingerprint density at radius 1 is 1.30 bits per heavy atom. The number of halogens is 1. The number of hydrogen-bond acceptors (Lipinski definition) is 3. The number of nitrogens with one attached hydrogen (secondary N) is 1. The maximum Gasteiger partial charge on any atom is 0.367 e. The molecule has 20 heavy (non-hydrogen) atoms. The number of amidine groups is 1. The highest BCUT2D eigenvalue weighted by molar-refractivity contribution is 6.33. The topological polar surface area (TPSA) is 78.8 Å². The van der Waals surface area contributed by atoms with Gasteiger partial charge in [0.15, 0.2) is 18.2 Å². The van der Waals surface area contributed by atoms with Crippen LogP contribution in [-0.4, -0.2) is 11.8 Å². The van der Waals surface area contributed by atoms with Crippen molar-refractivity contribution in [2.75, 3.05) is 0 Å². The van der Waals surface area contributed by atoms with Gasteiger partial charge < -0.3 is 10.6 Å². The molecule has 3 N–H and O–H groups in total. The summed E-state index contributed by atoms with van der Waals surface area (Å²) in [6.07, 6.45) is 3.38. The van der Waals surface area contributed by atoms with Crippen LogP contribution in [0, 0.1) is 6.92 Å². The lowest BCUT2D eigenvalue weighted by Crippen LogP contribution is -2.16. The maximum atomic E-state index is 11.8. The summed E-state index contributed by atoms with van der Waals surface area (Å²) in [5, 5.41) is 3.92. The number of carbonyl (C=O) groups excluding carboxylic acids is 1. The minimum atomic E-state index is -0.652. The van der Waals surface area contributed by atoms with Crippen molar-refractivity contribution in [1.82, 2.24) is 0 Å². The average molecular weight is 291 g/mol. The Labute approximate surface area is 121 Å². The van der Waals surface area contributed by atoms with Crippen LogP contribution in [0.5, 0.6) is 0 Å². The van der Waals surface area contributed by atoms with Gasteiger partial charge >= 0.3 is 5.97 Å². The number of oxime groups is 1. The second-order valence-corrected chi connectivity index (χ2v) is 4.53. The lowest BCUT2D eigenvalue weighted by Gasteiger charge is -2.03. The van der Waals surface area contributed by atoms with E-state index >= 15 is 0 Å². The fraction of sp³-hybridized carbons (Fsp3) is 0.0714. The zero-order valence-corrected chi connectivity index (χ0v) is 11.5. The quantitative estimate of drug-likeness (QED) is 0.406. The van der Waals surface area contributed by atoms with Gasteiger partial charge in [0, 0.05) is 17.7 Å². The summed E-state index contributed by atoms with van der Waals surface area (Å²) in [7, 11) is 0. The van der Waals surface area contributed by atoms with Crippen molar-refractivity contribution < 1.29 is 14.6 Å². The zero-order chi connectivity index (χ0) is 14.5. The molecule has 1 aromatic heterocycles. The normalized spacial score (nSPS) is 11.2. The van der Waals surface area contributed by atoms with Gasteiger partial charge in [0.1, 0.15) is 0 Å². The molecule has 5 nitrogen and oxygen atoms in total. The average Bonchev–Trinajstić information content (AvgIpc) is 2.45. The number of hydrogen-bond donors (Lipinski definition) is 1. The van der Waals surface area contributed by atoms with E-state index in [4.69, 9.17) is 22.2 Å². The van der Waals surface area contributed by atoms with E-state index in [0.717, 1.165) is 5.56 Å². The van der Waals surface area contributed by atoms with Crippen LogP contribution in [0.4, 0.5) is 0 Å². The summed E-state index contributed by atoms with van der Waals surface area (Å²) < 4.78 is 0. The Morgan fingerprint density at radius 2 is 2.00 bits per heavy atom. The van der Waals surface area contributed by atoms with Gasteiger partial charge in [-0.05, 0) is 24.6 Å². The monoisotopic (exact) mass is 290 g/mol. The van der Waals surface area contributed by atoms with Crippen molar-refractivity contribution in [2.45, 2.75) is 6.92 Å². The number of aryl methyl sites for hydroxylation is 1. The molecule has 0 saturated heterocycles. The fourth-order valence-corrected chi connectivity index (χ4v) is 1.85. The molecule has 2 rings (SSSR count). The van der Waals surface area contributed by atoms with Crippen LogP contribution < -0.4 is 10.7 Å². The molecule has 0 fully saturated rings. The van der Waals surface area contributed by atoms with E-state index in [-0.39, 0.29) is 11.4 Å². The van der Waals surface area contributed by atoms with Crippen molar-refractivity contribution >= 4 is 23.4 Å². The zero-order valence-electron chi connectivity index (χ0n) is 10.8. The molecular weight excluding hydrogens is 278 g/mol. The molecule has 0 aliphatic heterocycles. The number of nitrogens with two attached hydrogens (primary N) is 1. The first-order valence-corrected chi connectivity index (χ1v) is 6.23. The molecule has 1 aromatic carbocycles. The first-order valence-electron chi connectivity index (χ1n) is 5.85. The number of H-pyrrole nitrogens is 1. The van der Waals surface area contributed by atoms with Crippen molar-refractivity contribution in [3.8, 4) is 0 Å². The Morgan fingerprint density at radius 3 is 2.65 bits per heavy atom. The smallest absolute Gasteiger partial charge is 0.367 e. The summed E-state index contributed by atoms with van der Waals surface area (Å²) in [5.74, 6) is -0.545. The predicted molar refractivity (Wildman–Crippen MR) is 75.3 cm³/mol. The van der Waals surface area contributed by atoms with Gasteiger partial charge in [0.2, 0.25) is 0 Å². The highest BCUT2D eigenvalue weighted by Gasteiger charge is 2.12. The Balaban J connectivity index is 2.12. The van der Waals surface area contributed by atoms with Gasteiger partial charge in [-0.15, -0.1) is 0 Å². The number of aromatic nitrogens is 1. The van der Waals surface area contributed by atoms with Gasteiger partial charge in [0.25, 0.3) is 0 Å². The van der Waals surface area contributed by atoms with Crippen molar-refractivity contribution in [1.29, 1.82) is 0 Å². The van der Waals surface area contributed by atoms with E-state index in [0.29, 0.717) is 10.6 Å². The van der Waals surface area contributed by atoms with E-state index in [1.807, 2.05) is 6.92 Å². The third kappa shape index (κ3) is 3.33. The van der Waals surface area contributed by atoms with E-state index in [1.54, 1.807) is 42.7 Å². The molecular formula is C14H13ClN3O2+. The molecule has 0 amide bonds. The third-order valence-corrected chi connectivity index (χ3v) is 2.90. The van der Waals surface area contributed by atoms with Crippen molar-refractivity contribution in [3.63, 3.8) is 0 Å². The number of rotatable bonds is 3. The van der Waals surface area contributed by atoms with E-state index in [9.17, 15) is 4.79 Å². The molecule has 0 unspecified atom stereocenters. The third-order valence-electron chi connectivity index (χ3n) is 2.59. The molecule has 6 heteroatoms. The van der Waals surface area contributed by atoms with Crippen molar-refractivity contribution in [3.05, 3.63) is 64.4 Å². The molecule has 2 aromatic rings. The molecule has 0 bridgehead atoms. The number of pyridine rings is 1. The Bertz CT molecular complexity index is 657. The summed E-state index contributed by atoms with van der Waals surface area (Å²) >= 11 is 5.97. The highest BCUT2D eigenvalue weighted by Crippen LogP contribution is 2.18. The summed E-state index contributed by atoms with van der Waals surface area (Å²) in [4.78, 5) is 19.5. The Hall–Kier alpha value is -2.40. The van der Waals surface area contributed by atoms with Crippen LogP contribution in [-0.2, 0) is 4.84 Å². The highest BCUT2D eigenvalue weighted by atomic mass is 35.5. The first-order chi connectivity index (χ1) is 9.58. The maximum absolute atomic E-state index is 11.8. The van der Waals surface area contributed by atoms with E-state index < -0.39 is 5.97 Å². The van der Waals surface area contributed by atoms with Gasteiger partial charge in [0.05, 0.1) is 10.6 Å². The van der Waals surface area contributed by atoms with Gasteiger partial charge in [-0.1, -0.05) is 22.8 Å². The Kier molecular flexibility index (Phi) is 4.32. The molecule has 0 spiro atoms. The predicted octanol–water partition coefficient (Wildman–Crippen LogP) is 1.94. The van der Waals surface area contributed by atoms with Crippen LogP contribution in [0.2, 0.25) is 5.02 Å². The second kappa shape index (κ2) is 6.16. The first kappa shape index (κ1) is 14.0. The van der Waals surface area contributed by atoms with E-state index in [2.05, 4.69) is 10.1 Å².